The van der Waals surface area contributed by atoms with Crippen molar-refractivity contribution in [1.29, 1.82) is 5.26 Å². The van der Waals surface area contributed by atoms with Gasteiger partial charge in [0.05, 0.1) is 4.92 Å². The zero-order valence-electron chi connectivity index (χ0n) is 10.7. The van der Waals surface area contributed by atoms with Crippen molar-refractivity contribution in [2.45, 2.75) is 13.0 Å². The van der Waals surface area contributed by atoms with Crippen molar-refractivity contribution >= 4 is 11.4 Å². The first-order chi connectivity index (χ1) is 8.47. The molecule has 6 heteroatoms. The van der Waals surface area contributed by atoms with Crippen LogP contribution in [0.4, 0.5) is 11.4 Å². The molecule has 0 amide bonds. The van der Waals surface area contributed by atoms with E-state index in [2.05, 4.69) is 5.32 Å². The normalized spacial score (nSPS) is 11.9. The molecule has 0 aliphatic heterocycles. The Balaban J connectivity index is 2.96. The van der Waals surface area contributed by atoms with E-state index in [1.54, 1.807) is 12.1 Å². The second-order valence-corrected chi connectivity index (χ2v) is 4.26. The quantitative estimate of drug-likeness (QED) is 0.635. The molecule has 0 saturated heterocycles. The Labute approximate surface area is 106 Å². The number of nitro groups is 1. The SMILES string of the molecule is CC(CNc1cccc(C#N)c1[N+](=O)[O-])N(C)C. The number of hydrogen-bond donors (Lipinski definition) is 1. The van der Waals surface area contributed by atoms with Crippen LogP contribution in [0.3, 0.4) is 0 Å². The van der Waals surface area contributed by atoms with Gasteiger partial charge in [0.1, 0.15) is 17.3 Å². The summed E-state index contributed by atoms with van der Waals surface area (Å²) in [5.41, 5.74) is 0.293. The van der Waals surface area contributed by atoms with Gasteiger partial charge < -0.3 is 10.2 Å². The highest BCUT2D eigenvalue weighted by atomic mass is 16.6. The second kappa shape index (κ2) is 5.98. The molecule has 0 saturated carbocycles. The van der Waals surface area contributed by atoms with Crippen molar-refractivity contribution < 1.29 is 4.92 Å². The van der Waals surface area contributed by atoms with E-state index in [0.717, 1.165) is 0 Å². The predicted molar refractivity (Wildman–Crippen MR) is 69.5 cm³/mol. The van der Waals surface area contributed by atoms with E-state index in [1.807, 2.05) is 32.0 Å². The van der Waals surface area contributed by atoms with Crippen LogP contribution in [-0.4, -0.2) is 36.5 Å². The van der Waals surface area contributed by atoms with Gasteiger partial charge in [-0.15, -0.1) is 0 Å². The van der Waals surface area contributed by atoms with Crippen molar-refractivity contribution in [2.75, 3.05) is 26.0 Å². The number of nitro benzene ring substituents is 1. The first kappa shape index (κ1) is 13.9. The van der Waals surface area contributed by atoms with Crippen LogP contribution in [0, 0.1) is 21.4 Å². The standard InChI is InChI=1S/C12H16N4O2/c1-9(15(2)3)8-14-11-6-4-5-10(7-13)12(11)16(17)18/h4-6,9,14H,8H2,1-3H3. The number of para-hydroxylation sites is 1. The molecular weight excluding hydrogens is 232 g/mol. The lowest BCUT2D eigenvalue weighted by Crippen LogP contribution is -2.31. The molecule has 18 heavy (non-hydrogen) atoms. The van der Waals surface area contributed by atoms with Crippen LogP contribution in [0.5, 0.6) is 0 Å². The summed E-state index contributed by atoms with van der Waals surface area (Å²) in [5, 5.41) is 22.9. The Hall–Kier alpha value is -2.13. The number of nitrogens with zero attached hydrogens (tertiary/aromatic N) is 3. The maximum atomic E-state index is 11.0. The van der Waals surface area contributed by atoms with Gasteiger partial charge in [0.15, 0.2) is 0 Å². The van der Waals surface area contributed by atoms with Crippen LogP contribution >= 0.6 is 0 Å². The number of hydrogen-bond acceptors (Lipinski definition) is 5. The van der Waals surface area contributed by atoms with Crippen molar-refractivity contribution in [3.63, 3.8) is 0 Å². The summed E-state index contributed by atoms with van der Waals surface area (Å²) in [7, 11) is 3.87. The Kier molecular flexibility index (Phi) is 4.63. The van der Waals surface area contributed by atoms with Gasteiger partial charge in [0.25, 0.3) is 0 Å². The van der Waals surface area contributed by atoms with E-state index in [9.17, 15) is 10.1 Å². The summed E-state index contributed by atoms with van der Waals surface area (Å²) in [6.07, 6.45) is 0. The van der Waals surface area contributed by atoms with E-state index in [-0.39, 0.29) is 17.3 Å². The molecule has 1 N–H and O–H groups in total. The number of rotatable bonds is 5. The van der Waals surface area contributed by atoms with Gasteiger partial charge in [-0.2, -0.15) is 5.26 Å². The maximum absolute atomic E-state index is 11.0. The molecule has 1 atom stereocenters. The zero-order valence-corrected chi connectivity index (χ0v) is 10.7. The topological polar surface area (TPSA) is 82.2 Å². The average Bonchev–Trinajstić information content (AvgIpc) is 2.34. The number of likely N-dealkylation sites (N-methyl/N-ethyl adjacent to an activating group) is 1. The van der Waals surface area contributed by atoms with Crippen molar-refractivity contribution in [3.8, 4) is 6.07 Å². The highest BCUT2D eigenvalue weighted by Crippen LogP contribution is 2.27. The summed E-state index contributed by atoms with van der Waals surface area (Å²) in [6.45, 7) is 2.58. The summed E-state index contributed by atoms with van der Waals surface area (Å²) in [5.74, 6) is 0. The van der Waals surface area contributed by atoms with Gasteiger partial charge in [0.2, 0.25) is 0 Å². The highest BCUT2D eigenvalue weighted by Gasteiger charge is 2.19. The minimum Gasteiger partial charge on any atom is -0.378 e. The second-order valence-electron chi connectivity index (χ2n) is 4.26. The molecule has 1 rings (SSSR count). The number of nitrogens with one attached hydrogen (secondary N) is 1. The molecule has 0 heterocycles. The summed E-state index contributed by atoms with van der Waals surface area (Å²) in [4.78, 5) is 12.5. The third-order valence-electron chi connectivity index (χ3n) is 2.81. The number of nitriles is 1. The van der Waals surface area contributed by atoms with Crippen LogP contribution in [0.1, 0.15) is 12.5 Å². The maximum Gasteiger partial charge on any atom is 0.309 e. The molecule has 1 aromatic rings. The van der Waals surface area contributed by atoms with E-state index >= 15 is 0 Å². The van der Waals surface area contributed by atoms with Gasteiger partial charge in [-0.05, 0) is 33.2 Å². The molecule has 0 aliphatic carbocycles. The lowest BCUT2D eigenvalue weighted by atomic mass is 10.1. The van der Waals surface area contributed by atoms with Gasteiger partial charge in [-0.25, -0.2) is 0 Å². The fourth-order valence-corrected chi connectivity index (χ4v) is 1.41. The zero-order chi connectivity index (χ0) is 13.7. The Morgan fingerprint density at radius 3 is 2.72 bits per heavy atom. The van der Waals surface area contributed by atoms with E-state index < -0.39 is 4.92 Å². The van der Waals surface area contributed by atoms with Gasteiger partial charge in [-0.3, -0.25) is 10.1 Å². The van der Waals surface area contributed by atoms with Gasteiger partial charge in [-0.1, -0.05) is 6.07 Å². The van der Waals surface area contributed by atoms with Gasteiger partial charge in [0, 0.05) is 12.6 Å². The first-order valence-electron chi connectivity index (χ1n) is 5.55. The fraction of sp³-hybridized carbons (Fsp3) is 0.417. The van der Waals surface area contributed by atoms with Crippen LogP contribution < -0.4 is 5.32 Å². The molecule has 1 unspecified atom stereocenters. The predicted octanol–water partition coefficient (Wildman–Crippen LogP) is 1.83. The molecule has 96 valence electrons. The van der Waals surface area contributed by atoms with Crippen LogP contribution in [-0.2, 0) is 0 Å². The molecule has 0 fully saturated rings. The molecule has 0 spiro atoms. The van der Waals surface area contributed by atoms with E-state index in [0.29, 0.717) is 12.2 Å². The molecule has 0 radical (unpaired) electrons. The molecule has 6 nitrogen and oxygen atoms in total. The molecule has 0 aliphatic rings. The highest BCUT2D eigenvalue weighted by molar-refractivity contribution is 5.68. The third kappa shape index (κ3) is 3.18. The first-order valence-corrected chi connectivity index (χ1v) is 5.55. The fourth-order valence-electron chi connectivity index (χ4n) is 1.41. The van der Waals surface area contributed by atoms with E-state index in [1.165, 1.54) is 6.07 Å². The summed E-state index contributed by atoms with van der Waals surface area (Å²) >= 11 is 0. The lowest BCUT2D eigenvalue weighted by Gasteiger charge is -2.20. The minimum absolute atomic E-state index is 0.0718. The Morgan fingerprint density at radius 1 is 1.56 bits per heavy atom. The summed E-state index contributed by atoms with van der Waals surface area (Å²) in [6, 6.07) is 6.76. The Bertz CT molecular complexity index is 479. The molecular formula is C12H16N4O2. The molecule has 0 aromatic heterocycles. The monoisotopic (exact) mass is 248 g/mol. The molecule has 1 aromatic carbocycles. The smallest absolute Gasteiger partial charge is 0.309 e. The lowest BCUT2D eigenvalue weighted by molar-refractivity contribution is -0.384. The van der Waals surface area contributed by atoms with Crippen molar-refractivity contribution in [1.82, 2.24) is 4.90 Å². The number of anilines is 1. The average molecular weight is 248 g/mol. The van der Waals surface area contributed by atoms with E-state index in [4.69, 9.17) is 5.26 Å². The Morgan fingerprint density at radius 2 is 2.22 bits per heavy atom. The number of benzene rings is 1. The molecule has 0 bridgehead atoms. The van der Waals surface area contributed by atoms with Crippen LogP contribution in [0.15, 0.2) is 18.2 Å². The van der Waals surface area contributed by atoms with Crippen LogP contribution in [0.25, 0.3) is 0 Å². The van der Waals surface area contributed by atoms with Crippen molar-refractivity contribution in [2.24, 2.45) is 0 Å². The van der Waals surface area contributed by atoms with Crippen LogP contribution in [0.2, 0.25) is 0 Å². The minimum atomic E-state index is -0.527. The summed E-state index contributed by atoms with van der Waals surface area (Å²) < 4.78 is 0. The third-order valence-corrected chi connectivity index (χ3v) is 2.81. The van der Waals surface area contributed by atoms with Crippen molar-refractivity contribution in [3.05, 3.63) is 33.9 Å². The van der Waals surface area contributed by atoms with Gasteiger partial charge >= 0.3 is 5.69 Å². The largest absolute Gasteiger partial charge is 0.378 e.